The minimum Gasteiger partial charge on any atom is -0.281 e. The predicted octanol–water partition coefficient (Wildman–Crippen LogP) is 1.08. The van der Waals surface area contributed by atoms with Gasteiger partial charge < -0.3 is 0 Å². The first kappa shape index (κ1) is 8.74. The van der Waals surface area contributed by atoms with Crippen LogP contribution in [0.15, 0.2) is 11.1 Å². The van der Waals surface area contributed by atoms with Gasteiger partial charge in [-0.2, -0.15) is 5.10 Å². The molecule has 13 heavy (non-hydrogen) atoms. The van der Waals surface area contributed by atoms with E-state index in [0.717, 1.165) is 18.5 Å². The van der Waals surface area contributed by atoms with E-state index in [-0.39, 0.29) is 5.75 Å². The van der Waals surface area contributed by atoms with E-state index in [1.807, 2.05) is 0 Å². The zero-order valence-electron chi connectivity index (χ0n) is 7.45. The van der Waals surface area contributed by atoms with Crippen LogP contribution in [0.4, 0.5) is 0 Å². The summed E-state index contributed by atoms with van der Waals surface area (Å²) in [7, 11) is -3.08. The summed E-state index contributed by atoms with van der Waals surface area (Å²) in [4.78, 5) is 0.400. The van der Waals surface area contributed by atoms with E-state index in [1.54, 1.807) is 6.92 Å². The molecule has 0 aliphatic heterocycles. The molecule has 0 aromatic carbocycles. The van der Waals surface area contributed by atoms with Crippen LogP contribution in [0.5, 0.6) is 0 Å². The van der Waals surface area contributed by atoms with Crippen molar-refractivity contribution in [1.82, 2.24) is 10.2 Å². The maximum Gasteiger partial charge on any atom is 0.181 e. The third kappa shape index (κ3) is 1.48. The summed E-state index contributed by atoms with van der Waals surface area (Å²) >= 11 is 0. The van der Waals surface area contributed by atoms with Crippen molar-refractivity contribution in [3.8, 4) is 0 Å². The SMILES string of the molecule is CCS(=O)(=O)c1cn[nH]c1C1CC1. The van der Waals surface area contributed by atoms with Gasteiger partial charge in [-0.1, -0.05) is 6.92 Å². The number of sulfone groups is 1. The molecular formula is C8H12N2O2S. The van der Waals surface area contributed by atoms with Crippen LogP contribution in [-0.4, -0.2) is 24.4 Å². The van der Waals surface area contributed by atoms with Gasteiger partial charge in [0.05, 0.1) is 17.6 Å². The van der Waals surface area contributed by atoms with Crippen molar-refractivity contribution < 1.29 is 8.42 Å². The molecule has 0 amide bonds. The third-order valence-corrected chi connectivity index (χ3v) is 4.09. The fraction of sp³-hybridized carbons (Fsp3) is 0.625. The van der Waals surface area contributed by atoms with Crippen LogP contribution in [0.1, 0.15) is 31.4 Å². The molecule has 1 saturated carbocycles. The van der Waals surface area contributed by atoms with Crippen LogP contribution < -0.4 is 0 Å². The van der Waals surface area contributed by atoms with Crippen LogP contribution in [0.25, 0.3) is 0 Å². The second-order valence-corrected chi connectivity index (χ2v) is 5.57. The maximum absolute atomic E-state index is 11.6. The minimum absolute atomic E-state index is 0.145. The molecule has 1 aromatic rings. The summed E-state index contributed by atoms with van der Waals surface area (Å²) in [6.07, 6.45) is 3.58. The highest BCUT2D eigenvalue weighted by atomic mass is 32.2. The van der Waals surface area contributed by atoms with E-state index in [1.165, 1.54) is 6.20 Å². The minimum atomic E-state index is -3.08. The van der Waals surface area contributed by atoms with Crippen LogP contribution in [0.2, 0.25) is 0 Å². The van der Waals surface area contributed by atoms with Crippen molar-refractivity contribution in [3.05, 3.63) is 11.9 Å². The number of nitrogens with one attached hydrogen (secondary N) is 1. The van der Waals surface area contributed by atoms with E-state index >= 15 is 0 Å². The summed E-state index contributed by atoms with van der Waals surface area (Å²) in [6, 6.07) is 0. The molecule has 1 aromatic heterocycles. The Balaban J connectivity index is 2.45. The van der Waals surface area contributed by atoms with Gasteiger partial charge in [0.15, 0.2) is 9.84 Å². The number of nitrogens with zero attached hydrogens (tertiary/aromatic N) is 1. The lowest BCUT2D eigenvalue weighted by atomic mass is 10.3. The van der Waals surface area contributed by atoms with Crippen LogP contribution in [-0.2, 0) is 9.84 Å². The Bertz CT molecular complexity index is 404. The quantitative estimate of drug-likeness (QED) is 0.794. The fourth-order valence-electron chi connectivity index (χ4n) is 1.35. The number of aromatic amines is 1. The Morgan fingerprint density at radius 3 is 2.85 bits per heavy atom. The molecule has 1 fully saturated rings. The molecule has 0 unspecified atom stereocenters. The van der Waals surface area contributed by atoms with Gasteiger partial charge in [0, 0.05) is 5.92 Å². The van der Waals surface area contributed by atoms with Gasteiger partial charge in [0.2, 0.25) is 0 Å². The van der Waals surface area contributed by atoms with Crippen molar-refractivity contribution in [1.29, 1.82) is 0 Å². The normalized spacial score (nSPS) is 17.6. The first-order valence-corrected chi connectivity index (χ1v) is 6.06. The van der Waals surface area contributed by atoms with Crippen LogP contribution in [0, 0.1) is 0 Å². The number of hydrogen-bond acceptors (Lipinski definition) is 3. The third-order valence-electron chi connectivity index (χ3n) is 2.33. The molecule has 0 saturated heterocycles. The van der Waals surface area contributed by atoms with Gasteiger partial charge in [-0.15, -0.1) is 0 Å². The maximum atomic E-state index is 11.6. The second kappa shape index (κ2) is 2.83. The molecule has 1 aliphatic carbocycles. The predicted molar refractivity (Wildman–Crippen MR) is 48.3 cm³/mol. The van der Waals surface area contributed by atoms with E-state index in [0.29, 0.717) is 10.8 Å². The van der Waals surface area contributed by atoms with Crippen LogP contribution in [0.3, 0.4) is 0 Å². The van der Waals surface area contributed by atoms with Gasteiger partial charge in [-0.3, -0.25) is 5.10 Å². The topological polar surface area (TPSA) is 62.8 Å². The summed E-state index contributed by atoms with van der Waals surface area (Å²) in [5, 5.41) is 6.57. The molecule has 0 bridgehead atoms. The molecule has 0 spiro atoms. The molecule has 1 heterocycles. The van der Waals surface area contributed by atoms with E-state index in [9.17, 15) is 8.42 Å². The molecule has 5 heteroatoms. The van der Waals surface area contributed by atoms with Crippen molar-refractivity contribution in [2.24, 2.45) is 0 Å². The summed E-state index contributed by atoms with van der Waals surface area (Å²) in [5.74, 6) is 0.547. The van der Waals surface area contributed by atoms with Crippen molar-refractivity contribution >= 4 is 9.84 Å². The number of H-pyrrole nitrogens is 1. The average Bonchev–Trinajstić information content (AvgIpc) is 2.83. The summed E-state index contributed by atoms with van der Waals surface area (Å²) in [6.45, 7) is 1.65. The zero-order chi connectivity index (χ0) is 9.47. The highest BCUT2D eigenvalue weighted by molar-refractivity contribution is 7.91. The molecule has 0 radical (unpaired) electrons. The Hall–Kier alpha value is -0.840. The number of rotatable bonds is 3. The molecule has 1 aliphatic rings. The molecule has 2 rings (SSSR count). The van der Waals surface area contributed by atoms with Gasteiger partial charge in [-0.25, -0.2) is 8.42 Å². The highest BCUT2D eigenvalue weighted by Gasteiger charge is 2.31. The van der Waals surface area contributed by atoms with Gasteiger partial charge in [-0.05, 0) is 12.8 Å². The second-order valence-electron chi connectivity index (χ2n) is 3.33. The lowest BCUT2D eigenvalue weighted by Gasteiger charge is -1.99. The van der Waals surface area contributed by atoms with Crippen molar-refractivity contribution in [3.63, 3.8) is 0 Å². The van der Waals surface area contributed by atoms with E-state index in [2.05, 4.69) is 10.2 Å². The Morgan fingerprint density at radius 2 is 2.31 bits per heavy atom. The Morgan fingerprint density at radius 1 is 1.62 bits per heavy atom. The smallest absolute Gasteiger partial charge is 0.181 e. The summed E-state index contributed by atoms with van der Waals surface area (Å²) < 4.78 is 23.1. The molecule has 4 nitrogen and oxygen atoms in total. The first-order valence-electron chi connectivity index (χ1n) is 4.41. The molecule has 1 N–H and O–H groups in total. The first-order chi connectivity index (χ1) is 6.15. The average molecular weight is 200 g/mol. The largest absolute Gasteiger partial charge is 0.281 e. The Labute approximate surface area is 77.3 Å². The van der Waals surface area contributed by atoms with Gasteiger partial charge >= 0.3 is 0 Å². The number of aromatic nitrogens is 2. The molecule has 72 valence electrons. The zero-order valence-corrected chi connectivity index (χ0v) is 8.26. The highest BCUT2D eigenvalue weighted by Crippen LogP contribution is 2.41. The van der Waals surface area contributed by atoms with Gasteiger partial charge in [0.1, 0.15) is 4.90 Å². The lowest BCUT2D eigenvalue weighted by Crippen LogP contribution is -2.05. The standard InChI is InChI=1S/C8H12N2O2S/c1-2-13(11,12)7-5-9-10-8(7)6-3-4-6/h5-6H,2-4H2,1H3,(H,9,10). The van der Waals surface area contributed by atoms with Crippen molar-refractivity contribution in [2.45, 2.75) is 30.6 Å². The van der Waals surface area contributed by atoms with Crippen molar-refractivity contribution in [2.75, 3.05) is 5.75 Å². The summed E-state index contributed by atoms with van der Waals surface area (Å²) in [5.41, 5.74) is 0.807. The Kier molecular flexibility index (Phi) is 1.91. The van der Waals surface area contributed by atoms with E-state index in [4.69, 9.17) is 0 Å². The number of hydrogen-bond donors (Lipinski definition) is 1. The van der Waals surface area contributed by atoms with Gasteiger partial charge in [0.25, 0.3) is 0 Å². The van der Waals surface area contributed by atoms with E-state index < -0.39 is 9.84 Å². The molecule has 0 atom stereocenters. The fourth-order valence-corrected chi connectivity index (χ4v) is 2.42. The lowest BCUT2D eigenvalue weighted by molar-refractivity contribution is 0.596. The van der Waals surface area contributed by atoms with Crippen LogP contribution >= 0.6 is 0 Å². The molecular weight excluding hydrogens is 188 g/mol. The monoisotopic (exact) mass is 200 g/mol.